The number of carbonyl (C=O) groups is 1. The van der Waals surface area contributed by atoms with Crippen LogP contribution in [0.4, 0.5) is 5.13 Å². The molecule has 0 radical (unpaired) electrons. The normalized spacial score (nSPS) is 11.2. The number of likely N-dealkylation sites (N-methyl/N-ethyl adjacent to an activating group) is 1. The zero-order chi connectivity index (χ0) is 20.3. The van der Waals surface area contributed by atoms with E-state index in [9.17, 15) is 4.79 Å². The van der Waals surface area contributed by atoms with E-state index in [1.54, 1.807) is 7.11 Å². The average molecular weight is 398 g/mol. The van der Waals surface area contributed by atoms with Crippen LogP contribution in [0, 0.1) is 13.8 Å². The van der Waals surface area contributed by atoms with Crippen LogP contribution in [0.1, 0.15) is 16.7 Å². The molecule has 0 spiro atoms. The molecule has 5 nitrogen and oxygen atoms in total. The molecule has 1 aromatic heterocycles. The quantitative estimate of drug-likeness (QED) is 0.603. The fourth-order valence-electron chi connectivity index (χ4n) is 3.06. The van der Waals surface area contributed by atoms with Gasteiger partial charge in [0.1, 0.15) is 5.75 Å². The van der Waals surface area contributed by atoms with Crippen molar-refractivity contribution in [2.24, 2.45) is 0 Å². The first-order chi connectivity index (χ1) is 13.4. The number of methoxy groups -OCH3 is 1. The Balaban J connectivity index is 1.90. The lowest BCUT2D eigenvalue weighted by atomic mass is 10.0. The van der Waals surface area contributed by atoms with Crippen molar-refractivity contribution < 1.29 is 9.53 Å². The second-order valence-corrected chi connectivity index (χ2v) is 8.29. The summed E-state index contributed by atoms with van der Waals surface area (Å²) in [5.74, 6) is 0.865. The first-order valence-corrected chi connectivity index (χ1v) is 10.1. The predicted molar refractivity (Wildman–Crippen MR) is 117 cm³/mol. The highest BCUT2D eigenvalue weighted by molar-refractivity contribution is 7.22. The van der Waals surface area contributed by atoms with E-state index < -0.39 is 0 Å². The molecule has 0 aliphatic carbocycles. The second kappa shape index (κ2) is 8.71. The number of benzene rings is 2. The molecule has 0 aliphatic rings. The third-order valence-corrected chi connectivity index (χ3v) is 5.77. The maximum Gasteiger partial charge on any atom is 0.233 e. The van der Waals surface area contributed by atoms with Crippen molar-refractivity contribution in [1.29, 1.82) is 0 Å². The Hall–Kier alpha value is -2.44. The molecule has 1 heterocycles. The summed E-state index contributed by atoms with van der Waals surface area (Å²) < 4.78 is 6.33. The standard InChI is InChI=1S/C22H27N3O2S/c1-15-6-7-17(16(2)12-15)13-21(26)25(11-10-24(3)4)22-23-19-9-8-18(27-5)14-20(19)28-22/h6-9,12,14H,10-11,13H2,1-5H3. The minimum Gasteiger partial charge on any atom is -0.497 e. The molecule has 0 saturated heterocycles. The van der Waals surface area contributed by atoms with Crippen LogP contribution in [-0.2, 0) is 11.2 Å². The third-order valence-electron chi connectivity index (χ3n) is 4.73. The van der Waals surface area contributed by atoms with Crippen molar-refractivity contribution in [2.45, 2.75) is 20.3 Å². The number of ether oxygens (including phenoxy) is 1. The third kappa shape index (κ3) is 4.69. The molecule has 0 bridgehead atoms. The molecule has 0 saturated carbocycles. The van der Waals surface area contributed by atoms with Crippen molar-refractivity contribution in [3.8, 4) is 5.75 Å². The number of hydrogen-bond acceptors (Lipinski definition) is 5. The summed E-state index contributed by atoms with van der Waals surface area (Å²) in [6, 6.07) is 12.0. The van der Waals surface area contributed by atoms with E-state index in [1.165, 1.54) is 16.9 Å². The van der Waals surface area contributed by atoms with Gasteiger partial charge in [0.25, 0.3) is 0 Å². The molecule has 0 aliphatic heterocycles. The molecule has 3 aromatic rings. The number of hydrogen-bond donors (Lipinski definition) is 0. The van der Waals surface area contributed by atoms with Gasteiger partial charge in [0.2, 0.25) is 5.91 Å². The summed E-state index contributed by atoms with van der Waals surface area (Å²) in [7, 11) is 5.67. The summed E-state index contributed by atoms with van der Waals surface area (Å²) >= 11 is 1.53. The lowest BCUT2D eigenvalue weighted by Gasteiger charge is -2.22. The van der Waals surface area contributed by atoms with Gasteiger partial charge in [-0.2, -0.15) is 0 Å². The van der Waals surface area contributed by atoms with Crippen LogP contribution in [-0.4, -0.2) is 50.1 Å². The van der Waals surface area contributed by atoms with Gasteiger partial charge in [0.15, 0.2) is 5.13 Å². The maximum atomic E-state index is 13.2. The molecule has 148 valence electrons. The van der Waals surface area contributed by atoms with Crippen LogP contribution in [0.25, 0.3) is 10.2 Å². The first-order valence-electron chi connectivity index (χ1n) is 9.33. The van der Waals surface area contributed by atoms with Gasteiger partial charge in [0, 0.05) is 13.1 Å². The largest absolute Gasteiger partial charge is 0.497 e. The van der Waals surface area contributed by atoms with Gasteiger partial charge in [-0.15, -0.1) is 0 Å². The minimum atomic E-state index is 0.0693. The van der Waals surface area contributed by atoms with Crippen LogP contribution in [0.5, 0.6) is 5.75 Å². The van der Waals surface area contributed by atoms with Crippen molar-refractivity contribution in [3.05, 3.63) is 53.1 Å². The van der Waals surface area contributed by atoms with Gasteiger partial charge in [0.05, 0.1) is 23.7 Å². The topological polar surface area (TPSA) is 45.7 Å². The predicted octanol–water partition coefficient (Wildman–Crippen LogP) is 4.06. The Bertz CT molecular complexity index is 981. The van der Waals surface area contributed by atoms with Crippen molar-refractivity contribution in [2.75, 3.05) is 39.2 Å². The first kappa shape index (κ1) is 20.3. The molecule has 6 heteroatoms. The summed E-state index contributed by atoms with van der Waals surface area (Å²) in [5, 5.41) is 0.736. The zero-order valence-corrected chi connectivity index (χ0v) is 18.0. The van der Waals surface area contributed by atoms with E-state index in [2.05, 4.69) is 36.9 Å². The van der Waals surface area contributed by atoms with E-state index in [1.807, 2.05) is 37.2 Å². The summed E-state index contributed by atoms with van der Waals surface area (Å²) in [6.45, 7) is 5.51. The fourth-order valence-corrected chi connectivity index (χ4v) is 4.10. The van der Waals surface area contributed by atoms with Crippen LogP contribution in [0.15, 0.2) is 36.4 Å². The average Bonchev–Trinajstić information content (AvgIpc) is 3.06. The Kier molecular flexibility index (Phi) is 6.31. The summed E-state index contributed by atoms with van der Waals surface area (Å²) in [4.78, 5) is 21.8. The smallest absolute Gasteiger partial charge is 0.233 e. The zero-order valence-electron chi connectivity index (χ0n) is 17.2. The lowest BCUT2D eigenvalue weighted by Crippen LogP contribution is -2.37. The highest BCUT2D eigenvalue weighted by Crippen LogP contribution is 2.32. The molecule has 28 heavy (non-hydrogen) atoms. The Morgan fingerprint density at radius 1 is 1.11 bits per heavy atom. The van der Waals surface area contributed by atoms with Crippen LogP contribution in [0.3, 0.4) is 0 Å². The molecule has 3 rings (SSSR count). The lowest BCUT2D eigenvalue weighted by molar-refractivity contribution is -0.118. The molecule has 0 atom stereocenters. The molecule has 0 N–H and O–H groups in total. The number of amides is 1. The number of thiazole rings is 1. The van der Waals surface area contributed by atoms with Crippen molar-refractivity contribution in [1.82, 2.24) is 9.88 Å². The van der Waals surface area contributed by atoms with Gasteiger partial charge in [-0.1, -0.05) is 35.1 Å². The maximum absolute atomic E-state index is 13.2. The van der Waals surface area contributed by atoms with E-state index in [4.69, 9.17) is 9.72 Å². The molecule has 1 amide bonds. The van der Waals surface area contributed by atoms with Gasteiger partial charge in [-0.25, -0.2) is 4.98 Å². The number of fused-ring (bicyclic) bond motifs is 1. The second-order valence-electron chi connectivity index (χ2n) is 7.29. The van der Waals surface area contributed by atoms with E-state index in [0.717, 1.165) is 38.8 Å². The molecule has 0 unspecified atom stereocenters. The molecular weight excluding hydrogens is 370 g/mol. The Labute approximate surface area is 170 Å². The van der Waals surface area contributed by atoms with Crippen molar-refractivity contribution in [3.63, 3.8) is 0 Å². The summed E-state index contributed by atoms with van der Waals surface area (Å²) in [5.41, 5.74) is 4.30. The number of anilines is 1. The Morgan fingerprint density at radius 3 is 2.57 bits per heavy atom. The molecule has 0 fully saturated rings. The molecule has 2 aromatic carbocycles. The number of rotatable bonds is 7. The van der Waals surface area contributed by atoms with Gasteiger partial charge in [-0.05, 0) is 57.3 Å². The van der Waals surface area contributed by atoms with Gasteiger partial charge >= 0.3 is 0 Å². The van der Waals surface area contributed by atoms with Crippen LogP contribution in [0.2, 0.25) is 0 Å². The summed E-state index contributed by atoms with van der Waals surface area (Å²) in [6.07, 6.45) is 0.374. The molecular formula is C22H27N3O2S. The SMILES string of the molecule is COc1ccc2nc(N(CCN(C)C)C(=O)Cc3ccc(C)cc3C)sc2c1. The van der Waals surface area contributed by atoms with Gasteiger partial charge < -0.3 is 9.64 Å². The number of aryl methyl sites for hydroxylation is 2. The van der Waals surface area contributed by atoms with E-state index in [0.29, 0.717) is 13.0 Å². The number of aromatic nitrogens is 1. The van der Waals surface area contributed by atoms with Crippen molar-refractivity contribution >= 4 is 32.6 Å². The minimum absolute atomic E-state index is 0.0693. The van der Waals surface area contributed by atoms with E-state index in [-0.39, 0.29) is 5.91 Å². The van der Waals surface area contributed by atoms with Crippen LogP contribution >= 0.6 is 11.3 Å². The van der Waals surface area contributed by atoms with E-state index >= 15 is 0 Å². The fraction of sp³-hybridized carbons (Fsp3) is 0.364. The monoisotopic (exact) mass is 397 g/mol. The highest BCUT2D eigenvalue weighted by atomic mass is 32.1. The van der Waals surface area contributed by atoms with Gasteiger partial charge in [-0.3, -0.25) is 9.69 Å². The van der Waals surface area contributed by atoms with Crippen LogP contribution < -0.4 is 9.64 Å². The number of nitrogens with zero attached hydrogens (tertiary/aromatic N) is 3. The highest BCUT2D eigenvalue weighted by Gasteiger charge is 2.21. The Morgan fingerprint density at radius 2 is 1.89 bits per heavy atom. The number of carbonyl (C=O) groups excluding carboxylic acids is 1.